The van der Waals surface area contributed by atoms with E-state index in [1.165, 1.54) is 31.8 Å². The summed E-state index contributed by atoms with van der Waals surface area (Å²) in [6, 6.07) is 13.4. The summed E-state index contributed by atoms with van der Waals surface area (Å²) < 4.78 is 5.90. The van der Waals surface area contributed by atoms with Crippen molar-refractivity contribution in [3.63, 3.8) is 0 Å². The third-order valence-corrected chi connectivity index (χ3v) is 11.3. The van der Waals surface area contributed by atoms with Crippen molar-refractivity contribution < 1.29 is 14.4 Å². The first-order chi connectivity index (χ1) is 24.3. The first-order valence-corrected chi connectivity index (χ1v) is 18.4. The lowest BCUT2D eigenvalue weighted by atomic mass is 9.99. The van der Waals surface area contributed by atoms with Gasteiger partial charge < -0.3 is 20.3 Å². The summed E-state index contributed by atoms with van der Waals surface area (Å²) in [5, 5.41) is 9.34. The Morgan fingerprint density at radius 1 is 1.04 bits per heavy atom. The normalized spacial score (nSPS) is 22.1. The number of nitrogens with one attached hydrogen (secondary N) is 2. The van der Waals surface area contributed by atoms with Gasteiger partial charge in [-0.1, -0.05) is 41.9 Å². The number of hydroxylamine groups is 1. The summed E-state index contributed by atoms with van der Waals surface area (Å²) in [7, 11) is 1.65. The number of nitrogens with zero attached hydrogens (tertiary/aromatic N) is 6. The zero-order valence-corrected chi connectivity index (χ0v) is 30.3. The van der Waals surface area contributed by atoms with E-state index < -0.39 is 0 Å². The number of ether oxygens (including phenoxy) is 1. The second-order valence-corrected chi connectivity index (χ2v) is 14.5. The SMILES string of the molecule is C=CC(=O)Nc1cc(Nc2cc(N3OCC[C@@H]3Cc3cccc(Cl)c3Cl)ncn2)c(OC)cc1N1CCC(N2CCN(C3CC3)[C@@H](C)C2)CC1. The molecule has 11 nitrogen and oxygen atoms in total. The van der Waals surface area contributed by atoms with Crippen LogP contribution < -0.4 is 25.3 Å². The maximum atomic E-state index is 12.6. The number of anilines is 5. The Balaban J connectivity index is 1.07. The number of aromatic nitrogens is 2. The van der Waals surface area contributed by atoms with Crippen LogP contribution in [-0.4, -0.2) is 96.3 Å². The summed E-state index contributed by atoms with van der Waals surface area (Å²) in [6.07, 6.45) is 9.12. The van der Waals surface area contributed by atoms with Crippen molar-refractivity contribution in [1.29, 1.82) is 0 Å². The summed E-state index contributed by atoms with van der Waals surface area (Å²) >= 11 is 12.8. The molecule has 2 atom stereocenters. The molecule has 3 aliphatic heterocycles. The predicted molar refractivity (Wildman–Crippen MR) is 200 cm³/mol. The molecule has 2 aromatic carbocycles. The molecule has 13 heteroatoms. The van der Waals surface area contributed by atoms with Crippen molar-refractivity contribution in [2.45, 2.75) is 69.6 Å². The van der Waals surface area contributed by atoms with Crippen LogP contribution in [0.25, 0.3) is 0 Å². The smallest absolute Gasteiger partial charge is 0.247 e. The van der Waals surface area contributed by atoms with E-state index in [1.807, 2.05) is 35.4 Å². The van der Waals surface area contributed by atoms with Gasteiger partial charge in [0, 0.05) is 63.0 Å². The third-order valence-electron chi connectivity index (χ3n) is 10.5. The number of piperidine rings is 1. The van der Waals surface area contributed by atoms with E-state index in [0.29, 0.717) is 63.9 Å². The fourth-order valence-electron chi connectivity index (χ4n) is 7.71. The van der Waals surface area contributed by atoms with Crippen molar-refractivity contribution in [1.82, 2.24) is 19.8 Å². The highest BCUT2D eigenvalue weighted by molar-refractivity contribution is 6.42. The van der Waals surface area contributed by atoms with Gasteiger partial charge in [0.15, 0.2) is 5.82 Å². The number of piperazine rings is 1. The van der Waals surface area contributed by atoms with Gasteiger partial charge in [0.2, 0.25) is 5.91 Å². The fraction of sp³-hybridized carbons (Fsp3) is 0.486. The van der Waals surface area contributed by atoms with Crippen LogP contribution in [0.5, 0.6) is 5.75 Å². The topological polar surface area (TPSA) is 98.3 Å². The molecule has 0 unspecified atom stereocenters. The van der Waals surface area contributed by atoms with Crippen LogP contribution in [-0.2, 0) is 16.1 Å². The van der Waals surface area contributed by atoms with E-state index in [-0.39, 0.29) is 11.9 Å². The maximum Gasteiger partial charge on any atom is 0.247 e. The molecule has 0 spiro atoms. The number of halogens is 2. The van der Waals surface area contributed by atoms with Gasteiger partial charge in [0.1, 0.15) is 17.9 Å². The quantitative estimate of drug-likeness (QED) is 0.212. The Morgan fingerprint density at radius 3 is 2.60 bits per heavy atom. The van der Waals surface area contributed by atoms with Gasteiger partial charge in [-0.15, -0.1) is 0 Å². The largest absolute Gasteiger partial charge is 0.494 e. The van der Waals surface area contributed by atoms with Crippen molar-refractivity contribution in [2.24, 2.45) is 0 Å². The lowest BCUT2D eigenvalue weighted by Crippen LogP contribution is -2.57. The van der Waals surface area contributed by atoms with Crippen molar-refractivity contribution in [3.05, 3.63) is 71.0 Å². The van der Waals surface area contributed by atoms with E-state index >= 15 is 0 Å². The van der Waals surface area contributed by atoms with Crippen LogP contribution in [0.3, 0.4) is 0 Å². The fourth-order valence-corrected chi connectivity index (χ4v) is 8.11. The number of carbonyl (C=O) groups excluding carboxylic acids is 1. The lowest BCUT2D eigenvalue weighted by Gasteiger charge is -2.46. The number of hydrogen-bond donors (Lipinski definition) is 2. The zero-order chi connectivity index (χ0) is 34.8. The molecule has 4 heterocycles. The first kappa shape index (κ1) is 34.8. The van der Waals surface area contributed by atoms with Crippen LogP contribution in [0, 0.1) is 0 Å². The van der Waals surface area contributed by atoms with Crippen molar-refractivity contribution >= 4 is 57.8 Å². The average molecular weight is 722 g/mol. The number of amides is 1. The molecule has 1 saturated carbocycles. The van der Waals surface area contributed by atoms with Gasteiger partial charge in [-0.05, 0) is 69.2 Å². The molecule has 1 amide bonds. The molecule has 2 N–H and O–H groups in total. The second-order valence-electron chi connectivity index (χ2n) is 13.7. The van der Waals surface area contributed by atoms with E-state index in [4.69, 9.17) is 32.8 Å². The van der Waals surface area contributed by atoms with Crippen LogP contribution in [0.4, 0.5) is 28.7 Å². The van der Waals surface area contributed by atoms with Crippen molar-refractivity contribution in [3.8, 4) is 5.75 Å². The minimum Gasteiger partial charge on any atom is -0.494 e. The summed E-state index contributed by atoms with van der Waals surface area (Å²) in [4.78, 5) is 35.4. The first-order valence-electron chi connectivity index (χ1n) is 17.7. The van der Waals surface area contributed by atoms with Crippen LogP contribution in [0.1, 0.15) is 44.6 Å². The Labute approximate surface area is 304 Å². The second kappa shape index (κ2) is 15.3. The molecule has 3 aromatic rings. The molecule has 4 aliphatic rings. The van der Waals surface area contributed by atoms with Gasteiger partial charge in [0.25, 0.3) is 0 Å². The molecule has 4 fully saturated rings. The highest BCUT2D eigenvalue weighted by Crippen LogP contribution is 2.40. The molecule has 1 aliphatic carbocycles. The molecular formula is C37H46Cl2N8O3. The molecule has 3 saturated heterocycles. The van der Waals surface area contributed by atoms with Crippen molar-refractivity contribution in [2.75, 3.05) is 67.0 Å². The Hall–Kier alpha value is -3.61. The number of hydrogen-bond acceptors (Lipinski definition) is 10. The molecule has 1 aromatic heterocycles. The Bertz CT molecular complexity index is 1700. The van der Waals surface area contributed by atoms with E-state index in [0.717, 1.165) is 62.7 Å². The number of carbonyl (C=O) groups is 1. The summed E-state index contributed by atoms with van der Waals surface area (Å²) in [5.74, 6) is 1.52. The van der Waals surface area contributed by atoms with Gasteiger partial charge in [-0.2, -0.15) is 0 Å². The van der Waals surface area contributed by atoms with E-state index in [9.17, 15) is 4.79 Å². The molecule has 50 heavy (non-hydrogen) atoms. The van der Waals surface area contributed by atoms with Crippen LogP contribution in [0.15, 0.2) is 55.4 Å². The number of benzene rings is 2. The third kappa shape index (κ3) is 7.67. The molecule has 266 valence electrons. The molecule has 0 radical (unpaired) electrons. The van der Waals surface area contributed by atoms with Crippen LogP contribution >= 0.6 is 23.2 Å². The Kier molecular flexibility index (Phi) is 10.7. The molecule has 0 bridgehead atoms. The molecular weight excluding hydrogens is 675 g/mol. The highest BCUT2D eigenvalue weighted by atomic mass is 35.5. The lowest BCUT2D eigenvalue weighted by molar-refractivity contribution is -0.111. The summed E-state index contributed by atoms with van der Waals surface area (Å²) in [5.41, 5.74) is 3.21. The maximum absolute atomic E-state index is 12.6. The van der Waals surface area contributed by atoms with E-state index in [2.05, 4.69) is 48.8 Å². The minimum absolute atomic E-state index is 0.0168. The highest BCUT2D eigenvalue weighted by Gasteiger charge is 2.37. The van der Waals surface area contributed by atoms with Gasteiger partial charge in [-0.25, -0.2) is 15.0 Å². The Morgan fingerprint density at radius 2 is 1.86 bits per heavy atom. The van der Waals surface area contributed by atoms with Gasteiger partial charge in [0.05, 0.1) is 46.9 Å². The van der Waals surface area contributed by atoms with Gasteiger partial charge in [-0.3, -0.25) is 19.4 Å². The molecule has 7 rings (SSSR count). The van der Waals surface area contributed by atoms with E-state index in [1.54, 1.807) is 13.2 Å². The zero-order valence-electron chi connectivity index (χ0n) is 28.8. The standard InChI is InChI=1S/C37H46Cl2N8O3/c1-4-36(48)43-30-19-31(42-34-21-35(41-23-40-34)47-28(12-17-50-47)18-25-6-5-7-29(38)37(25)39)33(49-3)20-32(30)44-13-10-26(11-14-44)45-15-16-46(24(2)22-45)27-8-9-27/h4-7,19-21,23-24,26-28H,1,8-18,22H2,2-3H3,(H,43,48)(H,40,41,42)/t24-,28+/m0/s1. The number of methoxy groups -OCH3 is 1. The number of rotatable bonds is 11. The monoisotopic (exact) mass is 720 g/mol. The summed E-state index contributed by atoms with van der Waals surface area (Å²) in [6.45, 7) is 11.9. The average Bonchev–Trinajstić information content (AvgIpc) is 3.87. The minimum atomic E-state index is -0.277. The van der Waals surface area contributed by atoms with Gasteiger partial charge >= 0.3 is 0 Å². The predicted octanol–water partition coefficient (Wildman–Crippen LogP) is 6.55. The van der Waals surface area contributed by atoms with Crippen LogP contribution in [0.2, 0.25) is 10.0 Å².